The lowest BCUT2D eigenvalue weighted by Gasteiger charge is -2.09. The van der Waals surface area contributed by atoms with E-state index in [4.69, 9.17) is 9.47 Å². The number of unbranched alkanes of at least 4 members (excludes halogenated alkanes) is 2. The Morgan fingerprint density at radius 1 is 1.13 bits per heavy atom. The number of H-pyrrole nitrogens is 1. The average molecular weight is 315 g/mol. The van der Waals surface area contributed by atoms with Gasteiger partial charge in [-0.05, 0) is 51.2 Å². The van der Waals surface area contributed by atoms with Crippen LogP contribution in [0.4, 0.5) is 0 Å². The first-order valence-electron chi connectivity index (χ1n) is 8.55. The van der Waals surface area contributed by atoms with Gasteiger partial charge < -0.3 is 14.5 Å². The lowest BCUT2D eigenvalue weighted by atomic mass is 10.1. The van der Waals surface area contributed by atoms with E-state index in [2.05, 4.69) is 4.98 Å². The van der Waals surface area contributed by atoms with E-state index >= 15 is 0 Å². The van der Waals surface area contributed by atoms with Crippen molar-refractivity contribution in [2.24, 2.45) is 0 Å². The van der Waals surface area contributed by atoms with E-state index in [1.807, 2.05) is 31.2 Å². The molecular weight excluding hydrogens is 290 g/mol. The number of fused-ring (bicyclic) bond motifs is 1. The van der Waals surface area contributed by atoms with E-state index in [-0.39, 0.29) is 5.43 Å². The van der Waals surface area contributed by atoms with Crippen LogP contribution in [0.2, 0.25) is 0 Å². The van der Waals surface area contributed by atoms with E-state index in [9.17, 15) is 4.79 Å². The Balaban J connectivity index is 1.43. The standard InChI is InChI=1S/C19H25NO3/c1-14-18(20-17-8-4-3-7-16(17)19(14)21)13-22-11-5-2-6-12-23-15-9-10-15/h3-4,7-8,15H,2,5-6,9-13H2,1H3,(H,20,21). The summed E-state index contributed by atoms with van der Waals surface area (Å²) in [7, 11) is 0. The monoisotopic (exact) mass is 315 g/mol. The summed E-state index contributed by atoms with van der Waals surface area (Å²) in [6.07, 6.45) is 6.30. The van der Waals surface area contributed by atoms with Gasteiger partial charge in [-0.3, -0.25) is 4.79 Å². The molecule has 1 aromatic heterocycles. The quantitative estimate of drug-likeness (QED) is 0.718. The molecule has 0 bridgehead atoms. The highest BCUT2D eigenvalue weighted by Crippen LogP contribution is 2.23. The number of aromatic amines is 1. The van der Waals surface area contributed by atoms with Crippen LogP contribution >= 0.6 is 0 Å². The third-order valence-corrected chi connectivity index (χ3v) is 4.31. The molecule has 1 N–H and O–H groups in total. The smallest absolute Gasteiger partial charge is 0.192 e. The van der Waals surface area contributed by atoms with Crippen molar-refractivity contribution in [2.75, 3.05) is 13.2 Å². The fourth-order valence-corrected chi connectivity index (χ4v) is 2.67. The summed E-state index contributed by atoms with van der Waals surface area (Å²) < 4.78 is 11.4. The van der Waals surface area contributed by atoms with Crippen LogP contribution in [0.25, 0.3) is 10.9 Å². The fraction of sp³-hybridized carbons (Fsp3) is 0.526. The van der Waals surface area contributed by atoms with Gasteiger partial charge in [0.1, 0.15) is 0 Å². The minimum Gasteiger partial charge on any atom is -0.378 e. The minimum atomic E-state index is 0.0928. The molecule has 0 amide bonds. The minimum absolute atomic E-state index is 0.0928. The van der Waals surface area contributed by atoms with E-state index < -0.39 is 0 Å². The van der Waals surface area contributed by atoms with Gasteiger partial charge in [0, 0.05) is 35.4 Å². The second-order valence-electron chi connectivity index (χ2n) is 6.29. The van der Waals surface area contributed by atoms with Gasteiger partial charge in [-0.25, -0.2) is 0 Å². The SMILES string of the molecule is Cc1c(COCCCCCOC2CC2)[nH]c2ccccc2c1=O. The summed E-state index contributed by atoms with van der Waals surface area (Å²) in [6, 6.07) is 7.61. The largest absolute Gasteiger partial charge is 0.378 e. The summed E-state index contributed by atoms with van der Waals surface area (Å²) in [6.45, 7) is 3.92. The van der Waals surface area contributed by atoms with Crippen LogP contribution in [0.1, 0.15) is 43.4 Å². The van der Waals surface area contributed by atoms with Gasteiger partial charge in [0.2, 0.25) is 0 Å². The van der Waals surface area contributed by atoms with Crippen molar-refractivity contribution in [3.8, 4) is 0 Å². The Kier molecular flexibility index (Phi) is 5.47. The van der Waals surface area contributed by atoms with Crippen LogP contribution in [0.15, 0.2) is 29.1 Å². The van der Waals surface area contributed by atoms with Crippen LogP contribution in [-0.4, -0.2) is 24.3 Å². The maximum atomic E-state index is 12.3. The summed E-state index contributed by atoms with van der Waals surface area (Å²) in [5, 5.41) is 0.740. The molecule has 3 rings (SSSR count). The van der Waals surface area contributed by atoms with Crippen molar-refractivity contribution < 1.29 is 9.47 Å². The van der Waals surface area contributed by atoms with Gasteiger partial charge in [-0.1, -0.05) is 12.1 Å². The molecule has 23 heavy (non-hydrogen) atoms. The first-order chi connectivity index (χ1) is 11.3. The van der Waals surface area contributed by atoms with Crippen LogP contribution < -0.4 is 5.43 Å². The number of nitrogens with one attached hydrogen (secondary N) is 1. The molecule has 0 saturated heterocycles. The Hall–Kier alpha value is -1.65. The molecular formula is C19H25NO3. The van der Waals surface area contributed by atoms with Crippen LogP contribution in [0.3, 0.4) is 0 Å². The van der Waals surface area contributed by atoms with Crippen molar-refractivity contribution in [2.45, 2.75) is 51.7 Å². The van der Waals surface area contributed by atoms with Gasteiger partial charge >= 0.3 is 0 Å². The van der Waals surface area contributed by atoms with Crippen molar-refractivity contribution in [1.82, 2.24) is 4.98 Å². The zero-order chi connectivity index (χ0) is 16.1. The number of benzene rings is 1. The normalized spacial score (nSPS) is 14.5. The molecule has 1 aromatic carbocycles. The molecule has 0 spiro atoms. The maximum absolute atomic E-state index is 12.3. The summed E-state index contributed by atoms with van der Waals surface area (Å²) in [5.74, 6) is 0. The van der Waals surface area contributed by atoms with Gasteiger partial charge in [-0.2, -0.15) is 0 Å². The first kappa shape index (κ1) is 16.2. The molecule has 0 unspecified atom stereocenters. The molecule has 4 nitrogen and oxygen atoms in total. The fourth-order valence-electron chi connectivity index (χ4n) is 2.67. The molecule has 0 aliphatic heterocycles. The Morgan fingerprint density at radius 2 is 1.91 bits per heavy atom. The highest BCUT2D eigenvalue weighted by molar-refractivity contribution is 5.79. The van der Waals surface area contributed by atoms with Gasteiger partial charge in [0.15, 0.2) is 5.43 Å². The maximum Gasteiger partial charge on any atom is 0.192 e. The van der Waals surface area contributed by atoms with E-state index in [1.165, 1.54) is 12.8 Å². The highest BCUT2D eigenvalue weighted by atomic mass is 16.5. The van der Waals surface area contributed by atoms with Gasteiger partial charge in [-0.15, -0.1) is 0 Å². The number of para-hydroxylation sites is 1. The topological polar surface area (TPSA) is 51.3 Å². The number of hydrogen-bond acceptors (Lipinski definition) is 3. The molecule has 1 aliphatic rings. The van der Waals surface area contributed by atoms with E-state index in [1.54, 1.807) is 0 Å². The number of ether oxygens (including phenoxy) is 2. The lowest BCUT2D eigenvalue weighted by Crippen LogP contribution is -2.12. The molecule has 1 saturated carbocycles. The average Bonchev–Trinajstić information content (AvgIpc) is 3.38. The summed E-state index contributed by atoms with van der Waals surface area (Å²) in [4.78, 5) is 15.6. The molecule has 0 atom stereocenters. The summed E-state index contributed by atoms with van der Waals surface area (Å²) >= 11 is 0. The zero-order valence-corrected chi connectivity index (χ0v) is 13.8. The Bertz CT molecular complexity index is 703. The predicted octanol–water partition coefficient (Wildman–Crippen LogP) is 3.70. The number of hydrogen-bond donors (Lipinski definition) is 1. The number of pyridine rings is 1. The van der Waals surface area contributed by atoms with Crippen molar-refractivity contribution >= 4 is 10.9 Å². The second-order valence-corrected chi connectivity index (χ2v) is 6.29. The highest BCUT2D eigenvalue weighted by Gasteiger charge is 2.21. The first-order valence-corrected chi connectivity index (χ1v) is 8.55. The molecule has 2 aromatic rings. The molecule has 124 valence electrons. The van der Waals surface area contributed by atoms with Crippen molar-refractivity contribution in [3.63, 3.8) is 0 Å². The van der Waals surface area contributed by atoms with Gasteiger partial charge in [0.25, 0.3) is 0 Å². The Morgan fingerprint density at radius 3 is 2.74 bits per heavy atom. The Labute approximate surface area is 136 Å². The van der Waals surface area contributed by atoms with Crippen molar-refractivity contribution in [3.05, 3.63) is 45.7 Å². The van der Waals surface area contributed by atoms with Crippen LogP contribution in [-0.2, 0) is 16.1 Å². The van der Waals surface area contributed by atoms with Crippen LogP contribution in [0.5, 0.6) is 0 Å². The molecule has 0 radical (unpaired) electrons. The summed E-state index contributed by atoms with van der Waals surface area (Å²) in [5.41, 5.74) is 2.60. The number of rotatable bonds is 9. The van der Waals surface area contributed by atoms with Crippen molar-refractivity contribution in [1.29, 1.82) is 0 Å². The van der Waals surface area contributed by atoms with E-state index in [0.717, 1.165) is 54.6 Å². The molecule has 1 aliphatic carbocycles. The number of aromatic nitrogens is 1. The second kappa shape index (κ2) is 7.75. The zero-order valence-electron chi connectivity index (χ0n) is 13.8. The van der Waals surface area contributed by atoms with Gasteiger partial charge in [0.05, 0.1) is 12.7 Å². The molecule has 1 fully saturated rings. The van der Waals surface area contributed by atoms with Crippen LogP contribution in [0, 0.1) is 6.92 Å². The van der Waals surface area contributed by atoms with E-state index in [0.29, 0.717) is 12.7 Å². The predicted molar refractivity (Wildman–Crippen MR) is 91.8 cm³/mol. The molecule has 4 heteroatoms. The third kappa shape index (κ3) is 4.43. The third-order valence-electron chi connectivity index (χ3n) is 4.31. The molecule has 1 heterocycles. The lowest BCUT2D eigenvalue weighted by molar-refractivity contribution is 0.0998.